The highest BCUT2D eigenvalue weighted by atomic mass is 16.5. The van der Waals surface area contributed by atoms with Crippen LogP contribution in [0.2, 0.25) is 0 Å². The molecule has 2 aromatic rings. The van der Waals surface area contributed by atoms with Crippen molar-refractivity contribution in [2.24, 2.45) is 5.41 Å². The van der Waals surface area contributed by atoms with Crippen LogP contribution >= 0.6 is 0 Å². The summed E-state index contributed by atoms with van der Waals surface area (Å²) < 4.78 is 4.86. The molecule has 1 atom stereocenters. The van der Waals surface area contributed by atoms with Crippen LogP contribution in [0.5, 0.6) is 0 Å². The summed E-state index contributed by atoms with van der Waals surface area (Å²) >= 11 is 0. The lowest BCUT2D eigenvalue weighted by molar-refractivity contribution is -0.144. The van der Waals surface area contributed by atoms with Gasteiger partial charge in [-0.1, -0.05) is 20.8 Å². The summed E-state index contributed by atoms with van der Waals surface area (Å²) in [6.45, 7) is 9.40. The van der Waals surface area contributed by atoms with E-state index in [9.17, 15) is 14.7 Å². The molecule has 1 aliphatic rings. The highest BCUT2D eigenvalue weighted by Gasteiger charge is 2.38. The molecule has 0 aliphatic carbocycles. The zero-order valence-electron chi connectivity index (χ0n) is 17.5. The quantitative estimate of drug-likeness (QED) is 0.697. The summed E-state index contributed by atoms with van der Waals surface area (Å²) in [6.07, 6.45) is 2.24. The van der Waals surface area contributed by atoms with Crippen LogP contribution in [0.15, 0.2) is 12.4 Å². The number of carbonyl (C=O) groups is 2. The fourth-order valence-corrected chi connectivity index (χ4v) is 3.30. The third kappa shape index (κ3) is 4.81. The lowest BCUT2D eigenvalue weighted by Gasteiger charge is -2.46. The predicted octanol–water partition coefficient (Wildman–Crippen LogP) is 0.908. The first-order valence-electron chi connectivity index (χ1n) is 9.69. The van der Waals surface area contributed by atoms with Crippen LogP contribution in [0.25, 0.3) is 11.5 Å². The number of amides is 1. The molecule has 3 heterocycles. The van der Waals surface area contributed by atoms with Gasteiger partial charge in [0.1, 0.15) is 11.5 Å². The van der Waals surface area contributed by atoms with E-state index in [2.05, 4.69) is 25.4 Å². The van der Waals surface area contributed by atoms with Crippen LogP contribution in [0.4, 0.5) is 10.6 Å². The molecule has 1 fully saturated rings. The second kappa shape index (κ2) is 8.59. The molecule has 12 nitrogen and oxygen atoms in total. The van der Waals surface area contributed by atoms with Crippen LogP contribution < -0.4 is 4.90 Å². The molecular formula is C18H26N8O4. The number of hydrogen-bond donors (Lipinski definition) is 1. The van der Waals surface area contributed by atoms with Gasteiger partial charge in [0.05, 0.1) is 25.0 Å². The molecule has 30 heavy (non-hydrogen) atoms. The minimum absolute atomic E-state index is 0.131. The Labute approximate surface area is 173 Å². The smallest absolute Gasteiger partial charge is 0.407 e. The minimum Gasteiger partial charge on any atom is -0.465 e. The van der Waals surface area contributed by atoms with E-state index in [0.717, 1.165) is 4.80 Å². The number of esters is 1. The standard InChI is InChI=1S/C18H26N8O4/c1-5-30-15(27)11-26-22-16(21-23-26)12-8-20-14(9-19-12)24-6-7-25(17(28)29)13(10-24)18(2,3)4/h8-9,13H,5-7,10-11H2,1-4H3,(H,28,29). The number of piperazine rings is 1. The van der Waals surface area contributed by atoms with Crippen molar-refractivity contribution in [1.29, 1.82) is 0 Å². The van der Waals surface area contributed by atoms with Gasteiger partial charge in [-0.05, 0) is 17.6 Å². The molecule has 12 heteroatoms. The number of nitrogens with zero attached hydrogens (tertiary/aromatic N) is 8. The number of carbonyl (C=O) groups excluding carboxylic acids is 1. The van der Waals surface area contributed by atoms with Crippen LogP contribution in [0.1, 0.15) is 27.7 Å². The Bertz CT molecular complexity index is 892. The first kappa shape index (κ1) is 21.4. The van der Waals surface area contributed by atoms with Crippen molar-refractivity contribution in [3.63, 3.8) is 0 Å². The van der Waals surface area contributed by atoms with E-state index in [4.69, 9.17) is 4.74 Å². The van der Waals surface area contributed by atoms with Gasteiger partial charge in [0.15, 0.2) is 6.54 Å². The molecule has 162 valence electrons. The first-order chi connectivity index (χ1) is 14.2. The molecule has 0 spiro atoms. The summed E-state index contributed by atoms with van der Waals surface area (Å²) in [5.41, 5.74) is 0.205. The average molecular weight is 418 g/mol. The summed E-state index contributed by atoms with van der Waals surface area (Å²) in [6, 6.07) is -0.172. The Hall–Kier alpha value is -3.31. The molecule has 0 aromatic carbocycles. The van der Waals surface area contributed by atoms with E-state index in [1.54, 1.807) is 13.1 Å². The van der Waals surface area contributed by atoms with Gasteiger partial charge in [-0.3, -0.25) is 0 Å². The maximum Gasteiger partial charge on any atom is 0.407 e. The van der Waals surface area contributed by atoms with Gasteiger partial charge in [0.25, 0.3) is 0 Å². The largest absolute Gasteiger partial charge is 0.465 e. The van der Waals surface area contributed by atoms with Gasteiger partial charge >= 0.3 is 12.1 Å². The molecule has 1 amide bonds. The second-order valence-electron chi connectivity index (χ2n) is 8.01. The molecule has 0 bridgehead atoms. The van der Waals surface area contributed by atoms with Gasteiger partial charge in [-0.2, -0.15) is 4.80 Å². The zero-order chi connectivity index (χ0) is 21.9. The summed E-state index contributed by atoms with van der Waals surface area (Å²) in [5, 5.41) is 21.4. The lowest BCUT2D eigenvalue weighted by atomic mass is 9.84. The Morgan fingerprint density at radius 2 is 2.00 bits per heavy atom. The van der Waals surface area contributed by atoms with Crippen molar-refractivity contribution in [1.82, 2.24) is 35.1 Å². The average Bonchev–Trinajstić information content (AvgIpc) is 3.15. The Kier molecular flexibility index (Phi) is 6.13. The number of hydrogen-bond acceptors (Lipinski definition) is 9. The number of ether oxygens (including phenoxy) is 1. The number of anilines is 1. The molecule has 0 saturated carbocycles. The maximum absolute atomic E-state index is 11.6. The molecule has 1 saturated heterocycles. The Morgan fingerprint density at radius 1 is 1.23 bits per heavy atom. The van der Waals surface area contributed by atoms with E-state index in [1.165, 1.54) is 11.1 Å². The molecule has 0 radical (unpaired) electrons. The highest BCUT2D eigenvalue weighted by Crippen LogP contribution is 2.29. The van der Waals surface area contributed by atoms with Crippen molar-refractivity contribution < 1.29 is 19.4 Å². The fraction of sp³-hybridized carbons (Fsp3) is 0.611. The predicted molar refractivity (Wildman–Crippen MR) is 106 cm³/mol. The molecule has 1 N–H and O–H groups in total. The Morgan fingerprint density at radius 3 is 2.60 bits per heavy atom. The van der Waals surface area contributed by atoms with Gasteiger partial charge < -0.3 is 19.6 Å². The molecule has 3 rings (SSSR count). The van der Waals surface area contributed by atoms with Crippen molar-refractivity contribution in [2.45, 2.75) is 40.3 Å². The van der Waals surface area contributed by atoms with E-state index >= 15 is 0 Å². The van der Waals surface area contributed by atoms with Crippen molar-refractivity contribution in [2.75, 3.05) is 31.1 Å². The van der Waals surface area contributed by atoms with Crippen LogP contribution in [-0.2, 0) is 16.1 Å². The van der Waals surface area contributed by atoms with E-state index in [1.807, 2.05) is 25.7 Å². The SMILES string of the molecule is CCOC(=O)Cn1nnc(-c2cnc(N3CCN(C(=O)O)C(C(C)(C)C)C3)cn2)n1. The number of aromatic nitrogens is 6. The third-order valence-electron chi connectivity index (χ3n) is 4.85. The van der Waals surface area contributed by atoms with E-state index < -0.39 is 12.1 Å². The van der Waals surface area contributed by atoms with Gasteiger partial charge in [-0.15, -0.1) is 10.2 Å². The molecule has 1 aliphatic heterocycles. The maximum atomic E-state index is 11.6. The molecule has 1 unspecified atom stereocenters. The first-order valence-corrected chi connectivity index (χ1v) is 9.69. The fourth-order valence-electron chi connectivity index (χ4n) is 3.30. The minimum atomic E-state index is -0.909. The normalized spacial score (nSPS) is 17.1. The lowest BCUT2D eigenvalue weighted by Crippen LogP contribution is -2.59. The second-order valence-corrected chi connectivity index (χ2v) is 8.01. The topological polar surface area (TPSA) is 139 Å². The summed E-state index contributed by atoms with van der Waals surface area (Å²) in [7, 11) is 0. The van der Waals surface area contributed by atoms with Crippen LogP contribution in [0.3, 0.4) is 0 Å². The van der Waals surface area contributed by atoms with Crippen molar-refractivity contribution in [3.8, 4) is 11.5 Å². The number of rotatable bonds is 5. The zero-order valence-corrected chi connectivity index (χ0v) is 17.5. The van der Waals surface area contributed by atoms with Crippen LogP contribution in [0, 0.1) is 5.41 Å². The van der Waals surface area contributed by atoms with Crippen molar-refractivity contribution in [3.05, 3.63) is 12.4 Å². The highest BCUT2D eigenvalue weighted by molar-refractivity contribution is 5.68. The Balaban J connectivity index is 1.71. The van der Waals surface area contributed by atoms with Gasteiger partial charge in [0, 0.05) is 19.6 Å². The summed E-state index contributed by atoms with van der Waals surface area (Å²) in [5.74, 6) is 0.454. The summed E-state index contributed by atoms with van der Waals surface area (Å²) in [4.78, 5) is 36.6. The molecular weight excluding hydrogens is 392 g/mol. The van der Waals surface area contributed by atoms with Crippen LogP contribution in [-0.4, -0.2) is 84.5 Å². The van der Waals surface area contributed by atoms with E-state index in [-0.39, 0.29) is 30.4 Å². The molecule has 2 aromatic heterocycles. The van der Waals surface area contributed by atoms with Crippen molar-refractivity contribution >= 4 is 17.9 Å². The van der Waals surface area contributed by atoms with E-state index in [0.29, 0.717) is 31.1 Å². The van der Waals surface area contributed by atoms with Gasteiger partial charge in [0.2, 0.25) is 5.82 Å². The number of carboxylic acid groups (broad SMARTS) is 1. The monoisotopic (exact) mass is 418 g/mol. The third-order valence-corrected chi connectivity index (χ3v) is 4.85. The number of tetrazole rings is 1. The van der Waals surface area contributed by atoms with Gasteiger partial charge in [-0.25, -0.2) is 19.6 Å².